The Balaban J connectivity index is 1.39. The zero-order valence-corrected chi connectivity index (χ0v) is 14.3. The van der Waals surface area contributed by atoms with Crippen molar-refractivity contribution in [3.8, 4) is 5.75 Å². The van der Waals surface area contributed by atoms with Crippen LogP contribution in [-0.2, 0) is 15.9 Å². The summed E-state index contributed by atoms with van der Waals surface area (Å²) in [6, 6.07) is 6.45. The average Bonchev–Trinajstić information content (AvgIpc) is 2.48. The van der Waals surface area contributed by atoms with Gasteiger partial charge in [0.25, 0.3) is 0 Å². The number of allylic oxidation sites excluding steroid dienone is 1. The highest BCUT2D eigenvalue weighted by Crippen LogP contribution is 2.56. The number of phosphoric acid groups is 1. The fourth-order valence-corrected chi connectivity index (χ4v) is 5.35. The fourth-order valence-electron chi connectivity index (χ4n) is 4.98. The van der Waals surface area contributed by atoms with Crippen molar-refractivity contribution in [1.29, 1.82) is 0 Å². The van der Waals surface area contributed by atoms with Crippen LogP contribution < -0.4 is 14.3 Å². The second kappa shape index (κ2) is 6.21. The van der Waals surface area contributed by atoms with Gasteiger partial charge in [-0.3, -0.25) is 0 Å². The van der Waals surface area contributed by atoms with Crippen molar-refractivity contribution >= 4 is 7.82 Å². The number of hydrogen-bond donors (Lipinski definition) is 0. The van der Waals surface area contributed by atoms with E-state index in [4.69, 9.17) is 4.74 Å². The van der Waals surface area contributed by atoms with E-state index >= 15 is 0 Å². The van der Waals surface area contributed by atoms with Crippen molar-refractivity contribution in [2.75, 3.05) is 0 Å². The summed E-state index contributed by atoms with van der Waals surface area (Å²) in [5.41, 5.74) is 2.25. The van der Waals surface area contributed by atoms with Crippen LogP contribution in [0, 0.1) is 23.7 Å². The summed E-state index contributed by atoms with van der Waals surface area (Å²) in [4.78, 5) is 21.4. The first-order valence-corrected chi connectivity index (χ1v) is 10.0. The van der Waals surface area contributed by atoms with Gasteiger partial charge in [-0.1, -0.05) is 12.1 Å². The Labute approximate surface area is 141 Å². The second-order valence-electron chi connectivity index (χ2n) is 7.42. The Morgan fingerprint density at radius 2 is 1.75 bits per heavy atom. The van der Waals surface area contributed by atoms with Gasteiger partial charge in [0, 0.05) is 0 Å². The molecule has 0 amide bonds. The van der Waals surface area contributed by atoms with Crippen molar-refractivity contribution < 1.29 is 23.6 Å². The van der Waals surface area contributed by atoms with E-state index in [1.807, 2.05) is 12.3 Å². The third kappa shape index (κ3) is 3.53. The van der Waals surface area contributed by atoms with Crippen molar-refractivity contribution in [1.82, 2.24) is 0 Å². The fraction of sp³-hybridized carbons (Fsp3) is 0.556. The van der Waals surface area contributed by atoms with Gasteiger partial charge in [-0.15, -0.1) is 0 Å². The number of benzene rings is 1. The maximum Gasteiger partial charge on any atom is 0.124 e. The van der Waals surface area contributed by atoms with Crippen LogP contribution in [0.15, 0.2) is 36.1 Å². The lowest BCUT2D eigenvalue weighted by atomic mass is 9.54. The molecule has 0 aliphatic heterocycles. The zero-order chi connectivity index (χ0) is 16.7. The molecule has 6 heteroatoms. The van der Waals surface area contributed by atoms with Gasteiger partial charge in [-0.05, 0) is 79.0 Å². The van der Waals surface area contributed by atoms with E-state index in [2.05, 4.69) is 4.52 Å². The summed E-state index contributed by atoms with van der Waals surface area (Å²) in [6.07, 6.45) is 8.62. The van der Waals surface area contributed by atoms with Crippen LogP contribution in [0.4, 0.5) is 0 Å². The van der Waals surface area contributed by atoms with Gasteiger partial charge < -0.3 is 23.6 Å². The molecule has 1 aromatic carbocycles. The van der Waals surface area contributed by atoms with E-state index in [1.54, 1.807) is 6.07 Å². The molecule has 4 aliphatic rings. The largest absolute Gasteiger partial charge is 0.780 e. The summed E-state index contributed by atoms with van der Waals surface area (Å²) < 4.78 is 20.9. The second-order valence-corrected chi connectivity index (χ2v) is 8.50. The van der Waals surface area contributed by atoms with Crippen molar-refractivity contribution in [3.63, 3.8) is 0 Å². The molecule has 5 rings (SSSR count). The number of ether oxygens (including phenoxy) is 1. The number of rotatable bonds is 5. The lowest BCUT2D eigenvalue weighted by Gasteiger charge is -2.51. The molecule has 0 radical (unpaired) electrons. The molecule has 0 unspecified atom stereocenters. The lowest BCUT2D eigenvalue weighted by molar-refractivity contribution is -0.333. The molecule has 4 aliphatic carbocycles. The highest BCUT2D eigenvalue weighted by molar-refractivity contribution is 7.43. The van der Waals surface area contributed by atoms with Gasteiger partial charge in [0.2, 0.25) is 0 Å². The van der Waals surface area contributed by atoms with Crippen molar-refractivity contribution in [2.45, 2.75) is 38.7 Å². The van der Waals surface area contributed by atoms with Gasteiger partial charge in [0.1, 0.15) is 20.2 Å². The van der Waals surface area contributed by atoms with E-state index in [0.717, 1.165) is 17.4 Å². The van der Waals surface area contributed by atoms with Crippen LogP contribution >= 0.6 is 7.82 Å². The summed E-state index contributed by atoms with van der Waals surface area (Å²) in [6.45, 7) is 0.342. The minimum atomic E-state index is -5.02. The van der Waals surface area contributed by atoms with Crippen LogP contribution in [0.25, 0.3) is 0 Å². The quantitative estimate of drug-likeness (QED) is 0.604. The first-order chi connectivity index (χ1) is 11.5. The van der Waals surface area contributed by atoms with Gasteiger partial charge in [0.15, 0.2) is 0 Å². The Hall–Kier alpha value is -1.29. The summed E-state index contributed by atoms with van der Waals surface area (Å²) in [5, 5.41) is 0. The van der Waals surface area contributed by atoms with Crippen molar-refractivity contribution in [3.05, 3.63) is 41.7 Å². The topological polar surface area (TPSA) is 81.7 Å². The standard InChI is InChI=1S/C18H23O5P/c19-24(20,21)23-17-3-1-2-12(9-17)10-22-11-18-15-5-13-4-14(7-15)8-16(18)6-13/h1-3,9,11,13-16H,4-8,10H2,(H2,19,20,21)/p-2. The predicted octanol–water partition coefficient (Wildman–Crippen LogP) is 2.75. The zero-order valence-electron chi connectivity index (χ0n) is 13.4. The molecule has 0 atom stereocenters. The third-order valence-electron chi connectivity index (χ3n) is 5.67. The highest BCUT2D eigenvalue weighted by Gasteiger charge is 2.45. The van der Waals surface area contributed by atoms with Gasteiger partial charge in [0.05, 0.1) is 6.26 Å². The molecule has 4 saturated carbocycles. The van der Waals surface area contributed by atoms with Crippen LogP contribution in [0.1, 0.15) is 37.7 Å². The number of hydrogen-bond acceptors (Lipinski definition) is 5. The van der Waals surface area contributed by atoms with E-state index < -0.39 is 7.82 Å². The Bertz CT molecular complexity index is 662. The predicted molar refractivity (Wildman–Crippen MR) is 84.6 cm³/mol. The molecule has 0 saturated heterocycles. The van der Waals surface area contributed by atoms with Crippen LogP contribution in [0.5, 0.6) is 5.75 Å². The van der Waals surface area contributed by atoms with E-state index in [1.165, 1.54) is 49.8 Å². The average molecular weight is 348 g/mol. The normalized spacial score (nSPS) is 31.2. The number of phosphoric ester groups is 1. The smallest absolute Gasteiger partial charge is 0.124 e. The molecule has 1 aromatic rings. The van der Waals surface area contributed by atoms with Crippen molar-refractivity contribution in [2.24, 2.45) is 23.7 Å². The summed E-state index contributed by atoms with van der Waals surface area (Å²) in [7, 11) is -5.02. The summed E-state index contributed by atoms with van der Waals surface area (Å²) in [5.74, 6) is 3.28. The Morgan fingerprint density at radius 1 is 1.08 bits per heavy atom. The summed E-state index contributed by atoms with van der Waals surface area (Å²) >= 11 is 0. The first-order valence-electron chi connectivity index (χ1n) is 8.58. The molecular weight excluding hydrogens is 327 g/mol. The molecule has 24 heavy (non-hydrogen) atoms. The van der Waals surface area contributed by atoms with E-state index in [9.17, 15) is 14.4 Å². The minimum absolute atomic E-state index is 0.0340. The first kappa shape index (κ1) is 16.2. The maximum atomic E-state index is 10.7. The molecule has 130 valence electrons. The monoisotopic (exact) mass is 348 g/mol. The molecule has 5 nitrogen and oxygen atoms in total. The van der Waals surface area contributed by atoms with Crippen LogP contribution in [-0.4, -0.2) is 0 Å². The third-order valence-corrected chi connectivity index (χ3v) is 6.10. The minimum Gasteiger partial charge on any atom is -0.780 e. The Kier molecular flexibility index (Phi) is 4.19. The van der Waals surface area contributed by atoms with Gasteiger partial charge in [-0.25, -0.2) is 0 Å². The molecule has 4 bridgehead atoms. The molecule has 0 aromatic heterocycles. The van der Waals surface area contributed by atoms with Gasteiger partial charge in [-0.2, -0.15) is 0 Å². The highest BCUT2D eigenvalue weighted by atomic mass is 31.2. The molecular formula is C18H21O5P-2. The molecule has 4 fully saturated rings. The maximum absolute atomic E-state index is 10.7. The molecule has 0 spiro atoms. The molecule has 0 heterocycles. The van der Waals surface area contributed by atoms with E-state index in [0.29, 0.717) is 18.4 Å². The van der Waals surface area contributed by atoms with Crippen LogP contribution in [0.2, 0.25) is 0 Å². The van der Waals surface area contributed by atoms with E-state index in [-0.39, 0.29) is 5.75 Å². The SMILES string of the molecule is O=P([O-])([O-])Oc1cccc(COC=C2C3CC4CC(C3)CC2C4)c1. The van der Waals surface area contributed by atoms with Gasteiger partial charge >= 0.3 is 0 Å². The van der Waals surface area contributed by atoms with Crippen LogP contribution in [0.3, 0.4) is 0 Å². The Morgan fingerprint density at radius 3 is 2.38 bits per heavy atom. The molecule has 0 N–H and O–H groups in total. The lowest BCUT2D eigenvalue weighted by Crippen LogP contribution is -2.40.